The van der Waals surface area contributed by atoms with Gasteiger partial charge >= 0.3 is 0 Å². The zero-order chi connectivity index (χ0) is 7.49. The lowest BCUT2D eigenvalue weighted by molar-refractivity contribution is 1.90. The monoisotopic (exact) mass is 478 g/mol. The minimum atomic E-state index is -1.33. The molecule has 0 bridgehead atoms. The molecule has 2 radical (unpaired) electrons. The van der Waals surface area contributed by atoms with Gasteiger partial charge in [0, 0.05) is 0 Å². The van der Waals surface area contributed by atoms with Crippen LogP contribution in [0.5, 0.6) is 0 Å². The zero-order valence-corrected chi connectivity index (χ0v) is 14.1. The highest BCUT2D eigenvalue weighted by Crippen LogP contribution is 2.32. The summed E-state index contributed by atoms with van der Waals surface area (Å²) in [6, 6.07) is 0. The first-order valence-electron chi connectivity index (χ1n) is 2.00. The molecule has 0 saturated heterocycles. The summed E-state index contributed by atoms with van der Waals surface area (Å²) in [5, 5.41) is 0. The number of hydrogen-bond acceptors (Lipinski definition) is 0. The molecule has 0 N–H and O–H groups in total. The van der Waals surface area contributed by atoms with Gasteiger partial charge in [0.2, 0.25) is 0 Å². The summed E-state index contributed by atoms with van der Waals surface area (Å²) in [6.45, 7) is 0. The van der Waals surface area contributed by atoms with Crippen LogP contribution in [0.25, 0.3) is 0 Å². The topological polar surface area (TPSA) is 0 Å². The van der Waals surface area contributed by atoms with Crippen LogP contribution in [0.4, 0.5) is 0 Å². The van der Waals surface area contributed by atoms with Crippen molar-refractivity contribution in [1.29, 1.82) is 0 Å². The van der Waals surface area contributed by atoms with Gasteiger partial charge in [0.15, 0.2) is 0 Å². The third kappa shape index (κ3) is 10.8. The van der Waals surface area contributed by atoms with Crippen molar-refractivity contribution in [3.8, 4) is 0 Å². The Labute approximate surface area is 98.7 Å². The van der Waals surface area contributed by atoms with Gasteiger partial charge in [-0.05, 0) is 5.67 Å². The largest absolute Gasteiger partial charge is 0.264 e. The second kappa shape index (κ2) is 5.47. The van der Waals surface area contributed by atoms with Gasteiger partial charge in [-0.15, -0.1) is 0 Å². The van der Waals surface area contributed by atoms with E-state index < -0.39 is 3.93 Å². The summed E-state index contributed by atoms with van der Waals surface area (Å²) < 4.78 is -0.868. The first kappa shape index (κ1) is 11.8. The normalized spacial score (nSPS) is 12.7. The van der Waals surface area contributed by atoms with Crippen molar-refractivity contribution < 1.29 is 0 Å². The van der Waals surface area contributed by atoms with Crippen molar-refractivity contribution in [2.24, 2.45) is 0 Å². The maximum absolute atomic E-state index is 3.54. The average molecular weight is 483 g/mol. The predicted octanol–water partition coefficient (Wildman–Crippen LogP) is 3.85. The molecule has 0 aliphatic carbocycles. The molecule has 0 rings (SSSR count). The van der Waals surface area contributed by atoms with E-state index in [2.05, 4.69) is 77.7 Å². The van der Waals surface area contributed by atoms with Gasteiger partial charge in [-0.1, -0.05) is 77.7 Å². The molecule has 0 fully saturated rings. The van der Waals surface area contributed by atoms with Crippen LogP contribution in [0.1, 0.15) is 0 Å². The molecular formula is C2H3Br5Si2. The molecule has 0 unspecified atom stereocenters. The molecule has 0 amide bonds. The lowest BCUT2D eigenvalue weighted by atomic mass is 11.8. The molecule has 0 heterocycles. The fourth-order valence-corrected chi connectivity index (χ4v) is 9.02. The third-order valence-electron chi connectivity index (χ3n) is 0.457. The van der Waals surface area contributed by atoms with Crippen molar-refractivity contribution in [2.45, 2.75) is 9.03 Å². The highest BCUT2D eigenvalue weighted by atomic mass is 80.0. The second-order valence-corrected chi connectivity index (χ2v) is 31.4. The number of hydrogen-bond donors (Lipinski definition) is 0. The Morgan fingerprint density at radius 1 is 1.22 bits per heavy atom. The number of alkyl halides is 2. The Kier molecular flexibility index (Phi) is 7.20. The van der Waals surface area contributed by atoms with Gasteiger partial charge in [-0.25, -0.2) is 0 Å². The summed E-state index contributed by atoms with van der Waals surface area (Å²) in [6.07, 6.45) is 0. The molecule has 0 aromatic rings. The van der Waals surface area contributed by atoms with Gasteiger partial charge in [0.25, 0.3) is 3.93 Å². The minimum Gasteiger partial charge on any atom is -0.0967 e. The summed E-state index contributed by atoms with van der Waals surface area (Å²) in [5.41, 5.74) is 1.17. The van der Waals surface area contributed by atoms with E-state index >= 15 is 0 Å². The van der Waals surface area contributed by atoms with Crippen LogP contribution >= 0.6 is 77.7 Å². The second-order valence-electron chi connectivity index (χ2n) is 1.30. The lowest BCUT2D eigenvalue weighted by Crippen LogP contribution is -2.14. The van der Waals surface area contributed by atoms with E-state index in [0.29, 0.717) is 3.36 Å². The van der Waals surface area contributed by atoms with Crippen LogP contribution < -0.4 is 0 Å². The highest BCUT2D eigenvalue weighted by Gasteiger charge is 2.22. The summed E-state index contributed by atoms with van der Waals surface area (Å²) >= 11 is 17.5. The van der Waals surface area contributed by atoms with E-state index in [-0.39, 0.29) is 0 Å². The lowest BCUT2D eigenvalue weighted by Gasteiger charge is -2.07. The fourth-order valence-electron chi connectivity index (χ4n) is 0.193. The van der Waals surface area contributed by atoms with Gasteiger partial charge in [0.1, 0.15) is 0 Å². The Hall–Kier alpha value is 2.83. The Morgan fingerprint density at radius 3 is 1.78 bits per heavy atom. The Balaban J connectivity index is 3.28. The maximum atomic E-state index is 3.54. The van der Waals surface area contributed by atoms with Gasteiger partial charge in [-0.2, -0.15) is 0 Å². The van der Waals surface area contributed by atoms with Crippen molar-refractivity contribution in [3.05, 3.63) is 0 Å². The first-order valence-corrected chi connectivity index (χ1v) is 14.1. The van der Waals surface area contributed by atoms with Gasteiger partial charge < -0.3 is 0 Å². The van der Waals surface area contributed by atoms with E-state index in [9.17, 15) is 0 Å². The molecule has 0 spiro atoms. The molecule has 0 aliphatic heterocycles. The highest BCUT2D eigenvalue weighted by molar-refractivity contribution is 9.72. The molecular weight excluding hydrogens is 480 g/mol. The summed E-state index contributed by atoms with van der Waals surface area (Å²) in [7, 11) is 0.894. The molecule has 0 saturated carbocycles. The standard InChI is InChI=1S/C2H3Br5Si2/c3-2(4)8-1-9(5,6)7/h2H,1H2. The van der Waals surface area contributed by atoms with Crippen LogP contribution in [-0.4, -0.2) is 16.8 Å². The van der Waals surface area contributed by atoms with Crippen molar-refractivity contribution in [1.82, 2.24) is 0 Å². The van der Waals surface area contributed by atoms with E-state index in [1.54, 1.807) is 0 Å². The maximum Gasteiger partial charge on any atom is 0.264 e. The van der Waals surface area contributed by atoms with Crippen molar-refractivity contribution >= 4 is 91.2 Å². The molecule has 0 aromatic carbocycles. The smallest absolute Gasteiger partial charge is 0.0967 e. The Bertz CT molecular complexity index is 77.5. The SMILES string of the molecule is BrC(Br)[Si]C[Si](Br)(Br)Br. The quantitative estimate of drug-likeness (QED) is 0.326. The number of rotatable bonds is 3. The van der Waals surface area contributed by atoms with Crippen molar-refractivity contribution in [2.75, 3.05) is 0 Å². The zero-order valence-electron chi connectivity index (χ0n) is 4.17. The van der Waals surface area contributed by atoms with Gasteiger partial charge in [0.05, 0.1) is 12.9 Å². The summed E-state index contributed by atoms with van der Waals surface area (Å²) in [5.74, 6) is 0. The molecule has 0 aliphatic rings. The van der Waals surface area contributed by atoms with Crippen LogP contribution in [0.15, 0.2) is 0 Å². The summed E-state index contributed by atoms with van der Waals surface area (Å²) in [4.78, 5) is 0. The Morgan fingerprint density at radius 2 is 1.67 bits per heavy atom. The molecule has 7 heteroatoms. The van der Waals surface area contributed by atoms with Crippen LogP contribution in [0, 0.1) is 0 Å². The van der Waals surface area contributed by atoms with Crippen molar-refractivity contribution in [3.63, 3.8) is 0 Å². The van der Waals surface area contributed by atoms with E-state index in [1.807, 2.05) is 0 Å². The molecule has 0 nitrogen and oxygen atoms in total. The van der Waals surface area contributed by atoms with Gasteiger partial charge in [-0.3, -0.25) is 0 Å². The number of halogens is 5. The van der Waals surface area contributed by atoms with Crippen LogP contribution in [-0.2, 0) is 0 Å². The molecule has 9 heavy (non-hydrogen) atoms. The third-order valence-corrected chi connectivity index (χ3v) is 12.7. The van der Waals surface area contributed by atoms with E-state index in [4.69, 9.17) is 0 Å². The molecule has 54 valence electrons. The molecule has 0 atom stereocenters. The van der Waals surface area contributed by atoms with E-state index in [0.717, 1.165) is 9.52 Å². The minimum absolute atomic E-state index is 0.463. The van der Waals surface area contributed by atoms with Crippen LogP contribution in [0.3, 0.4) is 0 Å². The predicted molar refractivity (Wildman–Crippen MR) is 64.7 cm³/mol. The first-order chi connectivity index (χ1) is 3.92. The molecule has 0 aromatic heterocycles. The van der Waals surface area contributed by atoms with Crippen LogP contribution in [0.2, 0.25) is 5.67 Å². The van der Waals surface area contributed by atoms with E-state index in [1.165, 1.54) is 5.67 Å². The fraction of sp³-hybridized carbons (Fsp3) is 1.00. The average Bonchev–Trinajstić information content (AvgIpc) is 1.59.